The number of methoxy groups -OCH3 is 1. The van der Waals surface area contributed by atoms with E-state index in [0.29, 0.717) is 36.7 Å². The molecule has 1 aromatic heterocycles. The van der Waals surface area contributed by atoms with E-state index in [1.165, 1.54) is 5.56 Å². The number of carbonyl (C=O) groups excluding carboxylic acids is 1. The number of hydrogen-bond acceptors (Lipinski definition) is 6. The molecule has 0 radical (unpaired) electrons. The van der Waals surface area contributed by atoms with E-state index in [1.807, 2.05) is 25.1 Å². The van der Waals surface area contributed by atoms with Gasteiger partial charge in [0.25, 0.3) is 5.91 Å². The number of amides is 1. The molecule has 1 aliphatic rings. The first-order valence-corrected chi connectivity index (χ1v) is 11.2. The van der Waals surface area contributed by atoms with E-state index in [1.54, 1.807) is 24.3 Å². The van der Waals surface area contributed by atoms with Crippen LogP contribution in [0.5, 0.6) is 5.88 Å². The third-order valence-electron chi connectivity index (χ3n) is 5.76. The summed E-state index contributed by atoms with van der Waals surface area (Å²) in [5.74, 6) is 5.99. The fourth-order valence-electron chi connectivity index (χ4n) is 3.87. The quantitative estimate of drug-likeness (QED) is 0.652. The van der Waals surface area contributed by atoms with E-state index in [9.17, 15) is 9.90 Å². The molecule has 7 heteroatoms. The van der Waals surface area contributed by atoms with Crippen molar-refractivity contribution in [2.75, 3.05) is 40.5 Å². The van der Waals surface area contributed by atoms with Crippen LogP contribution in [-0.2, 0) is 11.3 Å². The van der Waals surface area contributed by atoms with Crippen molar-refractivity contribution < 1.29 is 19.4 Å². The number of aromatic nitrogens is 1. The van der Waals surface area contributed by atoms with E-state index in [4.69, 9.17) is 9.47 Å². The van der Waals surface area contributed by atoms with Crippen LogP contribution in [-0.4, -0.2) is 78.4 Å². The van der Waals surface area contributed by atoms with Gasteiger partial charge in [-0.15, -0.1) is 0 Å². The van der Waals surface area contributed by atoms with Crippen LogP contribution in [0.25, 0.3) is 0 Å². The standard InChI is InChI=1S/C26H33N3O4/c1-19-15-29(20(2)18-30)26(31)23-13-22(11-8-12-32-4)14-27-25(23)33-24(19)17-28(3)16-21-9-6-5-7-10-21/h5-7,9-10,13-14,19-20,24,30H,12,15-18H2,1-4H3/t19-,20+,24+/m1/s1. The lowest BCUT2D eigenvalue weighted by molar-refractivity contribution is 0.0325. The van der Waals surface area contributed by atoms with Crippen LogP contribution in [0.2, 0.25) is 0 Å². The van der Waals surface area contributed by atoms with Gasteiger partial charge in [0, 0.05) is 44.4 Å². The van der Waals surface area contributed by atoms with Crippen LogP contribution in [0.3, 0.4) is 0 Å². The molecule has 1 aliphatic heterocycles. The van der Waals surface area contributed by atoms with E-state index in [2.05, 4.69) is 47.8 Å². The highest BCUT2D eigenvalue weighted by molar-refractivity contribution is 5.97. The molecule has 0 saturated carbocycles. The van der Waals surface area contributed by atoms with Crippen molar-refractivity contribution in [3.8, 4) is 17.7 Å². The van der Waals surface area contributed by atoms with Gasteiger partial charge in [0.1, 0.15) is 18.3 Å². The first-order valence-electron chi connectivity index (χ1n) is 11.2. The van der Waals surface area contributed by atoms with Crippen molar-refractivity contribution in [1.29, 1.82) is 0 Å². The van der Waals surface area contributed by atoms with Gasteiger partial charge in [-0.05, 0) is 25.6 Å². The second-order valence-electron chi connectivity index (χ2n) is 8.62. The second kappa shape index (κ2) is 11.8. The van der Waals surface area contributed by atoms with E-state index in [-0.39, 0.29) is 30.6 Å². The van der Waals surface area contributed by atoms with E-state index < -0.39 is 0 Å². The Morgan fingerprint density at radius 3 is 2.82 bits per heavy atom. The largest absolute Gasteiger partial charge is 0.472 e. The van der Waals surface area contributed by atoms with Gasteiger partial charge in [-0.25, -0.2) is 4.98 Å². The Hall–Kier alpha value is -2.92. The molecule has 0 saturated heterocycles. The van der Waals surface area contributed by atoms with E-state index >= 15 is 0 Å². The molecule has 3 atom stereocenters. The summed E-state index contributed by atoms with van der Waals surface area (Å²) in [6.07, 6.45) is 1.43. The minimum Gasteiger partial charge on any atom is -0.472 e. The van der Waals surface area contributed by atoms with Crippen molar-refractivity contribution in [2.45, 2.75) is 32.5 Å². The Morgan fingerprint density at radius 1 is 1.36 bits per heavy atom. The number of benzene rings is 1. The lowest BCUT2D eigenvalue weighted by Crippen LogP contribution is -2.49. The molecule has 2 aromatic rings. The van der Waals surface area contributed by atoms with Crippen molar-refractivity contribution >= 4 is 5.91 Å². The number of nitrogens with zero attached hydrogens (tertiary/aromatic N) is 3. The summed E-state index contributed by atoms with van der Waals surface area (Å²) in [5, 5.41) is 9.79. The molecule has 176 valence electrons. The molecule has 0 unspecified atom stereocenters. The Labute approximate surface area is 196 Å². The van der Waals surface area contributed by atoms with Crippen molar-refractivity contribution in [1.82, 2.24) is 14.8 Å². The molecule has 3 rings (SSSR count). The Morgan fingerprint density at radius 2 is 2.12 bits per heavy atom. The van der Waals surface area contributed by atoms with Crippen LogP contribution in [0.4, 0.5) is 0 Å². The van der Waals surface area contributed by atoms with E-state index in [0.717, 1.165) is 6.54 Å². The van der Waals surface area contributed by atoms with Gasteiger partial charge in [0.05, 0.1) is 12.6 Å². The molecular weight excluding hydrogens is 418 g/mol. The number of fused-ring (bicyclic) bond motifs is 1. The zero-order chi connectivity index (χ0) is 23.8. The molecule has 1 N–H and O–H groups in total. The predicted molar refractivity (Wildman–Crippen MR) is 127 cm³/mol. The number of ether oxygens (including phenoxy) is 2. The minimum atomic E-state index is -0.322. The number of pyridine rings is 1. The summed E-state index contributed by atoms with van der Waals surface area (Å²) in [4.78, 5) is 21.8. The van der Waals surface area contributed by atoms with Crippen molar-refractivity contribution in [3.05, 3.63) is 59.3 Å². The predicted octanol–water partition coefficient (Wildman–Crippen LogP) is 2.43. The van der Waals surface area contributed by atoms with Gasteiger partial charge in [-0.2, -0.15) is 0 Å². The molecule has 0 bridgehead atoms. The minimum absolute atomic E-state index is 0.0392. The van der Waals surface area contributed by atoms with Gasteiger partial charge >= 0.3 is 0 Å². The molecule has 7 nitrogen and oxygen atoms in total. The van der Waals surface area contributed by atoms with Crippen LogP contribution in [0, 0.1) is 17.8 Å². The Bertz CT molecular complexity index is 986. The molecule has 0 spiro atoms. The maximum Gasteiger partial charge on any atom is 0.259 e. The molecule has 0 fully saturated rings. The smallest absolute Gasteiger partial charge is 0.259 e. The topological polar surface area (TPSA) is 75.1 Å². The van der Waals surface area contributed by atoms with Gasteiger partial charge in [-0.3, -0.25) is 9.69 Å². The number of rotatable bonds is 7. The fourth-order valence-corrected chi connectivity index (χ4v) is 3.87. The average Bonchev–Trinajstić information content (AvgIpc) is 2.82. The first-order chi connectivity index (χ1) is 15.9. The maximum absolute atomic E-state index is 13.4. The highest BCUT2D eigenvalue weighted by atomic mass is 16.5. The molecule has 1 aromatic carbocycles. The Balaban J connectivity index is 1.89. The summed E-state index contributed by atoms with van der Waals surface area (Å²) in [5.41, 5.74) is 2.20. The molecule has 0 aliphatic carbocycles. The lowest BCUT2D eigenvalue weighted by atomic mass is 9.99. The van der Waals surface area contributed by atoms with Gasteiger partial charge in [0.2, 0.25) is 5.88 Å². The van der Waals surface area contributed by atoms with Crippen LogP contribution in [0.15, 0.2) is 42.6 Å². The van der Waals surface area contributed by atoms with Gasteiger partial charge < -0.3 is 19.5 Å². The number of carbonyl (C=O) groups is 1. The summed E-state index contributed by atoms with van der Waals surface area (Å²) in [6, 6.07) is 11.7. The third-order valence-corrected chi connectivity index (χ3v) is 5.76. The third kappa shape index (κ3) is 6.55. The first kappa shape index (κ1) is 24.7. The molecule has 1 amide bonds. The number of aliphatic hydroxyl groups excluding tert-OH is 1. The van der Waals surface area contributed by atoms with Crippen LogP contribution >= 0.6 is 0 Å². The second-order valence-corrected chi connectivity index (χ2v) is 8.62. The molecule has 33 heavy (non-hydrogen) atoms. The zero-order valence-corrected chi connectivity index (χ0v) is 19.8. The van der Waals surface area contributed by atoms with Crippen molar-refractivity contribution in [2.24, 2.45) is 5.92 Å². The van der Waals surface area contributed by atoms with Crippen molar-refractivity contribution in [3.63, 3.8) is 0 Å². The average molecular weight is 452 g/mol. The molecule has 2 heterocycles. The summed E-state index contributed by atoms with van der Waals surface area (Å²) < 4.78 is 11.3. The molecular formula is C26H33N3O4. The van der Waals surface area contributed by atoms with Gasteiger partial charge in [-0.1, -0.05) is 49.1 Å². The fraction of sp³-hybridized carbons (Fsp3) is 0.462. The monoisotopic (exact) mass is 451 g/mol. The maximum atomic E-state index is 13.4. The summed E-state index contributed by atoms with van der Waals surface area (Å²) in [7, 11) is 3.64. The van der Waals surface area contributed by atoms with Crippen LogP contribution in [0.1, 0.15) is 35.3 Å². The van der Waals surface area contributed by atoms with Gasteiger partial charge in [0.15, 0.2) is 0 Å². The summed E-state index contributed by atoms with van der Waals surface area (Å²) >= 11 is 0. The number of aliphatic hydroxyl groups is 1. The van der Waals surface area contributed by atoms with Crippen LogP contribution < -0.4 is 4.74 Å². The lowest BCUT2D eigenvalue weighted by Gasteiger charge is -2.37. The SMILES string of the molecule is COCC#Cc1cnc2c(c1)C(=O)N([C@@H](C)CO)C[C@@H](C)[C@H](CN(C)Cc1ccccc1)O2. The number of likely N-dealkylation sites (N-methyl/N-ethyl adjacent to an activating group) is 1. The number of hydrogen-bond donors (Lipinski definition) is 1. The Kier molecular flexibility index (Phi) is 8.84. The zero-order valence-electron chi connectivity index (χ0n) is 19.8. The highest BCUT2D eigenvalue weighted by Crippen LogP contribution is 2.27. The summed E-state index contributed by atoms with van der Waals surface area (Å²) in [6.45, 7) is 6.03. The normalized spacial score (nSPS) is 19.1. The highest BCUT2D eigenvalue weighted by Gasteiger charge is 2.34.